The zero-order valence-electron chi connectivity index (χ0n) is 44.3. The Morgan fingerprint density at radius 1 is 0.896 bits per heavy atom. The Morgan fingerprint density at radius 2 is 1.45 bits per heavy atom. The van der Waals surface area contributed by atoms with Gasteiger partial charge in [0.05, 0.1) is 37.2 Å². The van der Waals surface area contributed by atoms with E-state index >= 15 is 9.59 Å². The molecule has 26 heteroatoms. The third-order valence-electron chi connectivity index (χ3n) is 12.4. The van der Waals surface area contributed by atoms with Crippen LogP contribution in [0.1, 0.15) is 72.2 Å². The fraction of sp³-hybridized carbons (Fsp3) is 0.451. The second kappa shape index (κ2) is 26.0. The average molecular weight is 1090 g/mol. The lowest BCUT2D eigenvalue weighted by atomic mass is 9.86. The first-order chi connectivity index (χ1) is 36.2. The molecule has 0 fully saturated rings. The molecule has 6 unspecified atom stereocenters. The molecule has 4 aromatic rings. The lowest BCUT2D eigenvalue weighted by Crippen LogP contribution is -2.57. The molecule has 0 aliphatic carbocycles. The maximum atomic E-state index is 15.1. The molecule has 13 N–H and O–H groups in total. The molecule has 0 spiro atoms. The Labute approximate surface area is 446 Å². The lowest BCUT2D eigenvalue weighted by molar-refractivity contribution is -0.141. The fourth-order valence-electron chi connectivity index (χ4n) is 8.30. The van der Waals surface area contributed by atoms with Crippen molar-refractivity contribution in [2.24, 2.45) is 16.6 Å². The summed E-state index contributed by atoms with van der Waals surface area (Å²) < 4.78 is 50.9. The minimum atomic E-state index is -4.53. The summed E-state index contributed by atoms with van der Waals surface area (Å²) in [5.41, 5.74) is 14.0. The van der Waals surface area contributed by atoms with E-state index in [1.807, 2.05) is 30.3 Å². The summed E-state index contributed by atoms with van der Waals surface area (Å²) >= 11 is 0. The summed E-state index contributed by atoms with van der Waals surface area (Å²) in [5, 5.41) is 45.9. The summed E-state index contributed by atoms with van der Waals surface area (Å²) in [5.74, 6) is -4.44. The van der Waals surface area contributed by atoms with Crippen molar-refractivity contribution in [2.75, 3.05) is 60.7 Å². The molecule has 77 heavy (non-hydrogen) atoms. The van der Waals surface area contributed by atoms with Gasteiger partial charge in [-0.2, -0.15) is 18.4 Å². The SMILES string of the molecule is COc1c(OCC(O)CN)cc2cc1-c1cc(cc(OCC(O)CN)c1OC)C(N(C)C(=O)C(CNS(N)(=O)=O)NC(=O)c1c(C)nc(-c3ccc(C(C)(C)C)cc3)nc1C)C(=O)NC(C)C(=O)NC(C(=O)NCC#N)C2. The van der Waals surface area contributed by atoms with Crippen LogP contribution in [-0.4, -0.2) is 154 Å². The van der Waals surface area contributed by atoms with Crippen molar-refractivity contribution in [2.45, 2.75) is 89.8 Å². The predicted octanol–water partition coefficient (Wildman–Crippen LogP) is -0.584. The van der Waals surface area contributed by atoms with Crippen LogP contribution in [0.5, 0.6) is 23.0 Å². The Morgan fingerprint density at radius 3 is 1.97 bits per heavy atom. The van der Waals surface area contributed by atoms with E-state index in [4.69, 9.17) is 35.6 Å². The largest absolute Gasteiger partial charge is 0.492 e. The number of carbonyl (C=O) groups is 5. The number of aliphatic hydroxyl groups excluding tert-OH is 2. The van der Waals surface area contributed by atoms with Gasteiger partial charge in [-0.25, -0.2) is 15.1 Å². The van der Waals surface area contributed by atoms with Crippen LogP contribution in [0.3, 0.4) is 0 Å². The van der Waals surface area contributed by atoms with Gasteiger partial charge < -0.3 is 66.8 Å². The van der Waals surface area contributed by atoms with Gasteiger partial charge in [-0.1, -0.05) is 45.0 Å². The number of hydrogen-bond donors (Lipinski definition) is 10. The minimum Gasteiger partial charge on any atom is -0.492 e. The van der Waals surface area contributed by atoms with E-state index in [1.165, 1.54) is 46.4 Å². The standard InChI is InChI=1S/C51H68N12O13S/c1-26-41(27(2)59-45(58-26)30-10-12-32(13-11-30)51(4,5)6)48(68)62-38(23-57-77(55,71)72)50(70)63(7)42-31-19-36(44(74-9)40(20-31)76-25-34(65)22-54)35-16-29(18-39(43(35)73-8)75-24-33(64)21-53)17-37(47(67)56-15-14-52)61-46(66)28(3)60-49(42)69/h10-13,16,18-20,28,33-34,37-38,42,57,64-65H,15,17,21-25,53-54H2,1-9H3,(H,56,67)(H,60,69)(H,61,66)(H,62,68)(H2,55,71,72). The number of benzene rings is 3. The van der Waals surface area contributed by atoms with Gasteiger partial charge in [0.15, 0.2) is 28.8 Å². The summed E-state index contributed by atoms with van der Waals surface area (Å²) in [6.45, 7) is 8.24. The molecular formula is C51H68N12O13S. The van der Waals surface area contributed by atoms with Crippen molar-refractivity contribution in [3.8, 4) is 51.6 Å². The van der Waals surface area contributed by atoms with Gasteiger partial charge in [0.25, 0.3) is 16.1 Å². The highest BCUT2D eigenvalue weighted by atomic mass is 32.2. The molecule has 6 atom stereocenters. The highest BCUT2D eigenvalue weighted by molar-refractivity contribution is 7.87. The number of carbonyl (C=O) groups excluding carboxylic acids is 5. The minimum absolute atomic E-state index is 0.00625. The van der Waals surface area contributed by atoms with Crippen molar-refractivity contribution in [3.05, 3.63) is 82.2 Å². The van der Waals surface area contributed by atoms with Crippen LogP contribution in [0, 0.1) is 25.2 Å². The lowest BCUT2D eigenvalue weighted by Gasteiger charge is -2.33. The summed E-state index contributed by atoms with van der Waals surface area (Å²) in [4.78, 5) is 82.2. The quantitative estimate of drug-likeness (QED) is 0.0495. The predicted molar refractivity (Wildman–Crippen MR) is 281 cm³/mol. The van der Waals surface area contributed by atoms with Crippen LogP contribution in [-0.2, 0) is 41.2 Å². The maximum Gasteiger partial charge on any atom is 0.274 e. The van der Waals surface area contributed by atoms with Gasteiger partial charge in [-0.05, 0) is 67.1 Å². The topological polar surface area (TPSA) is 388 Å². The number of ether oxygens (including phenoxy) is 4. The van der Waals surface area contributed by atoms with E-state index in [1.54, 1.807) is 19.9 Å². The van der Waals surface area contributed by atoms with Crippen LogP contribution < -0.4 is 61.5 Å². The Kier molecular flexibility index (Phi) is 20.4. The summed E-state index contributed by atoms with van der Waals surface area (Å²) in [6, 6.07) is 8.83. The second-order valence-electron chi connectivity index (χ2n) is 19.2. The number of nitriles is 1. The van der Waals surface area contributed by atoms with E-state index in [0.717, 1.165) is 10.5 Å². The number of nitrogens with one attached hydrogen (secondary N) is 5. The molecule has 1 aliphatic heterocycles. The number of hydrogen-bond acceptors (Lipinski definition) is 18. The number of aryl methyl sites for hydroxylation is 2. The number of amides is 5. The molecule has 0 radical (unpaired) electrons. The third-order valence-corrected chi connectivity index (χ3v) is 12.9. The number of likely N-dealkylation sites (N-methyl/N-ethyl adjacent to an activating group) is 1. The summed E-state index contributed by atoms with van der Waals surface area (Å²) in [7, 11) is -0.723. The Balaban J connectivity index is 1.73. The fourth-order valence-corrected chi connectivity index (χ4v) is 8.70. The van der Waals surface area contributed by atoms with Gasteiger partial charge in [-0.3, -0.25) is 24.0 Å². The number of nitrogens with two attached hydrogens (primary N) is 3. The van der Waals surface area contributed by atoms with Gasteiger partial charge in [0.1, 0.15) is 56.1 Å². The molecule has 1 aromatic heterocycles. The van der Waals surface area contributed by atoms with Crippen molar-refractivity contribution in [1.29, 1.82) is 5.26 Å². The van der Waals surface area contributed by atoms with Crippen LogP contribution in [0.2, 0.25) is 0 Å². The van der Waals surface area contributed by atoms with Crippen molar-refractivity contribution < 1.29 is 61.6 Å². The number of aromatic nitrogens is 2. The van der Waals surface area contributed by atoms with E-state index < -0.39 is 95.8 Å². The molecule has 1 aliphatic rings. The molecule has 4 bridgehead atoms. The first-order valence-corrected chi connectivity index (χ1v) is 25.8. The molecule has 25 nitrogen and oxygen atoms in total. The molecule has 3 aromatic carbocycles. The Bertz CT molecular complexity index is 2960. The molecule has 2 heterocycles. The maximum absolute atomic E-state index is 15.1. The van der Waals surface area contributed by atoms with E-state index in [2.05, 4.69) is 56.7 Å². The summed E-state index contributed by atoms with van der Waals surface area (Å²) in [6.07, 6.45) is -2.61. The monoisotopic (exact) mass is 1090 g/mol. The molecule has 0 saturated heterocycles. The van der Waals surface area contributed by atoms with Crippen molar-refractivity contribution in [1.82, 2.24) is 40.9 Å². The molecule has 0 saturated carbocycles. The molecule has 416 valence electrons. The molecule has 5 amide bonds. The normalized spacial score (nSPS) is 17.0. The van der Waals surface area contributed by atoms with Crippen LogP contribution in [0.25, 0.3) is 22.5 Å². The number of fused-ring (bicyclic) bond motifs is 5. The first-order valence-electron chi connectivity index (χ1n) is 24.3. The molecular weight excluding hydrogens is 1020 g/mol. The van der Waals surface area contributed by atoms with Crippen LogP contribution in [0.15, 0.2) is 48.5 Å². The highest BCUT2D eigenvalue weighted by Crippen LogP contribution is 2.48. The smallest absolute Gasteiger partial charge is 0.274 e. The number of nitrogens with zero attached hydrogens (tertiary/aromatic N) is 4. The Hall–Kier alpha value is -7.51. The van der Waals surface area contributed by atoms with Crippen molar-refractivity contribution in [3.63, 3.8) is 0 Å². The zero-order chi connectivity index (χ0) is 57.1. The van der Waals surface area contributed by atoms with Crippen molar-refractivity contribution >= 4 is 39.7 Å². The average Bonchev–Trinajstić information content (AvgIpc) is 3.38. The van der Waals surface area contributed by atoms with Crippen LogP contribution in [0.4, 0.5) is 0 Å². The van der Waals surface area contributed by atoms with Gasteiger partial charge in [-0.15, -0.1) is 0 Å². The van der Waals surface area contributed by atoms with E-state index in [-0.39, 0.29) is 88.2 Å². The van der Waals surface area contributed by atoms with Gasteiger partial charge in [0.2, 0.25) is 23.6 Å². The van der Waals surface area contributed by atoms with Gasteiger partial charge in [0, 0.05) is 49.8 Å². The molecule has 5 rings (SSSR count). The third kappa shape index (κ3) is 15.3. The highest BCUT2D eigenvalue weighted by Gasteiger charge is 2.38. The van der Waals surface area contributed by atoms with Crippen LogP contribution >= 0.6 is 0 Å². The zero-order valence-corrected chi connectivity index (χ0v) is 45.2. The van der Waals surface area contributed by atoms with E-state index in [9.17, 15) is 38.3 Å². The van der Waals surface area contributed by atoms with E-state index in [0.29, 0.717) is 17.0 Å². The number of aliphatic hydroxyl groups is 2. The second-order valence-corrected chi connectivity index (χ2v) is 20.6. The number of methoxy groups -OCH3 is 2. The first kappa shape index (κ1) is 60.4. The van der Waals surface area contributed by atoms with Gasteiger partial charge >= 0.3 is 0 Å². The number of rotatable bonds is 20.